The van der Waals surface area contributed by atoms with E-state index >= 15 is 0 Å². The Balaban J connectivity index is 2.05. The Morgan fingerprint density at radius 1 is 0.833 bits per heavy atom. The highest BCUT2D eigenvalue weighted by Crippen LogP contribution is 2.26. The molecular formula is C10H20N2. The molecule has 0 aromatic heterocycles. The fourth-order valence-corrected chi connectivity index (χ4v) is 2.53. The summed E-state index contributed by atoms with van der Waals surface area (Å²) in [7, 11) is 0. The fourth-order valence-electron chi connectivity index (χ4n) is 2.53. The smallest absolute Gasteiger partial charge is 0.0218 e. The number of rotatable bonds is 0. The zero-order valence-electron chi connectivity index (χ0n) is 8.29. The lowest BCUT2D eigenvalue weighted by Gasteiger charge is -2.49. The molecule has 0 saturated carbocycles. The lowest BCUT2D eigenvalue weighted by Crippen LogP contribution is -2.58. The van der Waals surface area contributed by atoms with Crippen LogP contribution in [-0.4, -0.2) is 35.2 Å². The monoisotopic (exact) mass is 168 g/mol. The van der Waals surface area contributed by atoms with Crippen LogP contribution in [-0.2, 0) is 0 Å². The molecule has 2 aliphatic heterocycles. The van der Waals surface area contributed by atoms with Crippen LogP contribution in [0.15, 0.2) is 0 Å². The SMILES string of the molecule is C[C@@H]1CC[C@@H](C)N2CCCCN12. The number of nitrogens with zero attached hydrogens (tertiary/aromatic N) is 2. The van der Waals surface area contributed by atoms with Gasteiger partial charge in [0.15, 0.2) is 0 Å². The molecule has 12 heavy (non-hydrogen) atoms. The summed E-state index contributed by atoms with van der Waals surface area (Å²) in [5, 5.41) is 5.19. The Hall–Kier alpha value is -0.0800. The molecule has 2 aliphatic rings. The van der Waals surface area contributed by atoms with E-state index < -0.39 is 0 Å². The standard InChI is InChI=1S/C10H20N2/c1-9-5-6-10(2)12-8-4-3-7-11(9)12/h9-10H,3-8H2,1-2H3/t9-,10-/m1/s1. The molecule has 2 heterocycles. The van der Waals surface area contributed by atoms with Gasteiger partial charge in [-0.3, -0.25) is 0 Å². The second-order valence-electron chi connectivity index (χ2n) is 4.31. The van der Waals surface area contributed by atoms with E-state index in [1.54, 1.807) is 0 Å². The molecule has 0 aliphatic carbocycles. The van der Waals surface area contributed by atoms with Crippen molar-refractivity contribution in [3.8, 4) is 0 Å². The van der Waals surface area contributed by atoms with Crippen LogP contribution in [0.1, 0.15) is 39.5 Å². The van der Waals surface area contributed by atoms with Crippen molar-refractivity contribution < 1.29 is 0 Å². The van der Waals surface area contributed by atoms with Crippen LogP contribution in [0.4, 0.5) is 0 Å². The van der Waals surface area contributed by atoms with Crippen molar-refractivity contribution in [1.29, 1.82) is 0 Å². The van der Waals surface area contributed by atoms with Crippen molar-refractivity contribution in [3.05, 3.63) is 0 Å². The number of hydrazine groups is 1. The first kappa shape index (κ1) is 8.52. The Morgan fingerprint density at radius 3 is 1.67 bits per heavy atom. The van der Waals surface area contributed by atoms with E-state index in [-0.39, 0.29) is 0 Å². The van der Waals surface area contributed by atoms with Gasteiger partial charge in [0, 0.05) is 25.2 Å². The molecule has 70 valence electrons. The van der Waals surface area contributed by atoms with Crippen molar-refractivity contribution in [3.63, 3.8) is 0 Å². The molecule has 2 saturated heterocycles. The average molecular weight is 168 g/mol. The van der Waals surface area contributed by atoms with Gasteiger partial charge in [-0.1, -0.05) is 0 Å². The van der Waals surface area contributed by atoms with Gasteiger partial charge in [-0.25, -0.2) is 10.0 Å². The number of hydrogen-bond acceptors (Lipinski definition) is 2. The zero-order valence-corrected chi connectivity index (χ0v) is 8.29. The molecular weight excluding hydrogens is 148 g/mol. The largest absolute Gasteiger partial charge is 0.239 e. The normalized spacial score (nSPS) is 39.5. The third-order valence-corrected chi connectivity index (χ3v) is 3.37. The molecule has 2 heteroatoms. The molecule has 0 spiro atoms. The van der Waals surface area contributed by atoms with Crippen molar-refractivity contribution >= 4 is 0 Å². The second kappa shape index (κ2) is 3.35. The third kappa shape index (κ3) is 1.38. The van der Waals surface area contributed by atoms with Gasteiger partial charge in [-0.15, -0.1) is 0 Å². The van der Waals surface area contributed by atoms with Gasteiger partial charge in [0.1, 0.15) is 0 Å². The van der Waals surface area contributed by atoms with E-state index in [1.807, 2.05) is 0 Å². The number of fused-ring (bicyclic) bond motifs is 1. The molecule has 2 rings (SSSR count). The summed E-state index contributed by atoms with van der Waals surface area (Å²) >= 11 is 0. The molecule has 0 aromatic carbocycles. The summed E-state index contributed by atoms with van der Waals surface area (Å²) in [5.41, 5.74) is 0. The van der Waals surface area contributed by atoms with E-state index in [2.05, 4.69) is 23.9 Å². The summed E-state index contributed by atoms with van der Waals surface area (Å²) in [6.45, 7) is 7.32. The molecule has 2 atom stereocenters. The van der Waals surface area contributed by atoms with E-state index in [9.17, 15) is 0 Å². The summed E-state index contributed by atoms with van der Waals surface area (Å²) in [5.74, 6) is 0. The molecule has 0 radical (unpaired) electrons. The van der Waals surface area contributed by atoms with Gasteiger partial charge < -0.3 is 0 Å². The van der Waals surface area contributed by atoms with Gasteiger partial charge in [-0.05, 0) is 39.5 Å². The fraction of sp³-hybridized carbons (Fsp3) is 1.00. The van der Waals surface area contributed by atoms with Crippen molar-refractivity contribution in [2.75, 3.05) is 13.1 Å². The molecule has 0 bridgehead atoms. The highest BCUT2D eigenvalue weighted by atomic mass is 15.7. The van der Waals surface area contributed by atoms with Crippen LogP contribution in [0.25, 0.3) is 0 Å². The number of hydrogen-bond donors (Lipinski definition) is 0. The van der Waals surface area contributed by atoms with Crippen LogP contribution in [0.3, 0.4) is 0 Å². The minimum atomic E-state index is 0.793. The van der Waals surface area contributed by atoms with Gasteiger partial charge in [0.2, 0.25) is 0 Å². The van der Waals surface area contributed by atoms with Gasteiger partial charge in [0.25, 0.3) is 0 Å². The lowest BCUT2D eigenvalue weighted by molar-refractivity contribution is -0.133. The summed E-state index contributed by atoms with van der Waals surface area (Å²) < 4.78 is 0. The highest BCUT2D eigenvalue weighted by molar-refractivity contribution is 4.80. The average Bonchev–Trinajstić information content (AvgIpc) is 2.12. The van der Waals surface area contributed by atoms with Gasteiger partial charge >= 0.3 is 0 Å². The van der Waals surface area contributed by atoms with E-state index in [0.29, 0.717) is 0 Å². The second-order valence-corrected chi connectivity index (χ2v) is 4.31. The van der Waals surface area contributed by atoms with E-state index in [0.717, 1.165) is 12.1 Å². The maximum Gasteiger partial charge on any atom is 0.0218 e. The lowest BCUT2D eigenvalue weighted by atomic mass is 10.0. The summed E-state index contributed by atoms with van der Waals surface area (Å²) in [4.78, 5) is 0. The minimum absolute atomic E-state index is 0.793. The predicted molar refractivity (Wildman–Crippen MR) is 50.8 cm³/mol. The first-order valence-corrected chi connectivity index (χ1v) is 5.32. The quantitative estimate of drug-likeness (QED) is 0.545. The van der Waals surface area contributed by atoms with Crippen molar-refractivity contribution in [2.24, 2.45) is 0 Å². The Labute approximate surface area is 75.5 Å². The van der Waals surface area contributed by atoms with Crippen LogP contribution in [0.2, 0.25) is 0 Å². The first-order valence-electron chi connectivity index (χ1n) is 5.32. The molecule has 2 fully saturated rings. The highest BCUT2D eigenvalue weighted by Gasteiger charge is 2.31. The van der Waals surface area contributed by atoms with Crippen molar-refractivity contribution in [1.82, 2.24) is 10.0 Å². The first-order chi connectivity index (χ1) is 5.79. The zero-order chi connectivity index (χ0) is 8.55. The topological polar surface area (TPSA) is 6.48 Å². The molecule has 0 aromatic rings. The van der Waals surface area contributed by atoms with Crippen LogP contribution >= 0.6 is 0 Å². The molecule has 0 N–H and O–H groups in total. The molecule has 2 nitrogen and oxygen atoms in total. The maximum absolute atomic E-state index is 2.59. The van der Waals surface area contributed by atoms with Crippen LogP contribution < -0.4 is 0 Å². The summed E-state index contributed by atoms with van der Waals surface area (Å²) in [6, 6.07) is 1.59. The van der Waals surface area contributed by atoms with E-state index in [4.69, 9.17) is 0 Å². The predicted octanol–water partition coefficient (Wildman–Crippen LogP) is 1.87. The third-order valence-electron chi connectivity index (χ3n) is 3.37. The maximum atomic E-state index is 2.59. The Morgan fingerprint density at radius 2 is 1.25 bits per heavy atom. The van der Waals surface area contributed by atoms with Crippen LogP contribution in [0.5, 0.6) is 0 Å². The molecule has 0 amide bonds. The Kier molecular flexibility index (Phi) is 2.37. The van der Waals surface area contributed by atoms with Crippen molar-refractivity contribution in [2.45, 2.75) is 51.6 Å². The minimum Gasteiger partial charge on any atom is -0.239 e. The Bertz CT molecular complexity index is 140. The van der Waals surface area contributed by atoms with Gasteiger partial charge in [0.05, 0.1) is 0 Å². The van der Waals surface area contributed by atoms with E-state index in [1.165, 1.54) is 38.8 Å². The summed E-state index contributed by atoms with van der Waals surface area (Å²) in [6.07, 6.45) is 5.57. The molecule has 0 unspecified atom stereocenters. The van der Waals surface area contributed by atoms with Crippen LogP contribution in [0, 0.1) is 0 Å². The van der Waals surface area contributed by atoms with Gasteiger partial charge in [-0.2, -0.15) is 0 Å².